The highest BCUT2D eigenvalue weighted by atomic mass is 16.2. The van der Waals surface area contributed by atoms with Crippen molar-refractivity contribution in [1.82, 2.24) is 30.1 Å². The molecular formula is C17H20N6O. The van der Waals surface area contributed by atoms with E-state index in [0.29, 0.717) is 5.92 Å². The fourth-order valence-electron chi connectivity index (χ4n) is 3.43. The van der Waals surface area contributed by atoms with E-state index >= 15 is 0 Å². The molecule has 0 spiro atoms. The third-order valence-corrected chi connectivity index (χ3v) is 4.64. The number of nitrogens with one attached hydrogen (secondary N) is 1. The number of rotatable bonds is 4. The van der Waals surface area contributed by atoms with Crippen molar-refractivity contribution in [2.45, 2.75) is 25.8 Å². The standard InChI is InChI=1S/C17H20N6O/c24-17(12-23-16-6-2-1-5-15(16)20-21-23)22-9-3-4-13(11-22)10-14-7-8-18-19-14/h1-2,5-8,13H,3-4,9-12H2,(H,18,19). The van der Waals surface area contributed by atoms with Crippen LogP contribution in [-0.2, 0) is 17.8 Å². The highest BCUT2D eigenvalue weighted by Gasteiger charge is 2.24. The first-order chi connectivity index (χ1) is 11.8. The Balaban J connectivity index is 1.42. The third-order valence-electron chi connectivity index (χ3n) is 4.64. The maximum Gasteiger partial charge on any atom is 0.244 e. The zero-order valence-corrected chi connectivity index (χ0v) is 13.4. The van der Waals surface area contributed by atoms with Gasteiger partial charge in [0.05, 0.1) is 5.52 Å². The fraction of sp³-hybridized carbons (Fsp3) is 0.412. The number of aromatic amines is 1. The van der Waals surface area contributed by atoms with Gasteiger partial charge in [-0.15, -0.1) is 5.10 Å². The zero-order chi connectivity index (χ0) is 16.4. The second kappa shape index (κ2) is 6.43. The van der Waals surface area contributed by atoms with E-state index in [1.165, 1.54) is 0 Å². The third kappa shape index (κ3) is 3.02. The van der Waals surface area contributed by atoms with Crippen LogP contribution in [0.2, 0.25) is 0 Å². The van der Waals surface area contributed by atoms with E-state index in [0.717, 1.165) is 49.1 Å². The Labute approximate surface area is 139 Å². The molecule has 4 rings (SSSR count). The van der Waals surface area contributed by atoms with Crippen molar-refractivity contribution in [2.24, 2.45) is 5.92 Å². The molecule has 0 radical (unpaired) electrons. The molecule has 7 heteroatoms. The van der Waals surface area contributed by atoms with Crippen LogP contribution in [-0.4, -0.2) is 49.1 Å². The largest absolute Gasteiger partial charge is 0.341 e. The van der Waals surface area contributed by atoms with Crippen molar-refractivity contribution in [3.63, 3.8) is 0 Å². The molecule has 3 heterocycles. The van der Waals surface area contributed by atoms with Crippen molar-refractivity contribution in [3.05, 3.63) is 42.2 Å². The highest BCUT2D eigenvalue weighted by molar-refractivity contribution is 5.79. The lowest BCUT2D eigenvalue weighted by Gasteiger charge is -2.32. The Morgan fingerprint density at radius 2 is 2.21 bits per heavy atom. The number of benzene rings is 1. The van der Waals surface area contributed by atoms with E-state index in [1.807, 2.05) is 35.2 Å². The van der Waals surface area contributed by atoms with Crippen molar-refractivity contribution in [3.8, 4) is 0 Å². The Morgan fingerprint density at radius 1 is 1.29 bits per heavy atom. The summed E-state index contributed by atoms with van der Waals surface area (Å²) in [6, 6.07) is 9.72. The molecule has 1 amide bonds. The minimum atomic E-state index is 0.111. The van der Waals surface area contributed by atoms with Crippen LogP contribution in [0.25, 0.3) is 11.0 Å². The van der Waals surface area contributed by atoms with Gasteiger partial charge in [-0.1, -0.05) is 17.3 Å². The van der Waals surface area contributed by atoms with Gasteiger partial charge in [0.2, 0.25) is 5.91 Å². The predicted molar refractivity (Wildman–Crippen MR) is 89.1 cm³/mol. The number of fused-ring (bicyclic) bond motifs is 1. The van der Waals surface area contributed by atoms with Gasteiger partial charge in [0.25, 0.3) is 0 Å². The molecule has 3 aromatic rings. The molecule has 0 bridgehead atoms. The number of carbonyl (C=O) groups excluding carboxylic acids is 1. The van der Waals surface area contributed by atoms with Crippen molar-refractivity contribution >= 4 is 16.9 Å². The lowest BCUT2D eigenvalue weighted by Crippen LogP contribution is -2.42. The van der Waals surface area contributed by atoms with Crippen LogP contribution in [0.1, 0.15) is 18.5 Å². The molecule has 1 fully saturated rings. The van der Waals surface area contributed by atoms with Crippen LogP contribution in [0.4, 0.5) is 0 Å². The van der Waals surface area contributed by atoms with Gasteiger partial charge in [0, 0.05) is 25.0 Å². The molecule has 1 aromatic carbocycles. The molecule has 0 aliphatic carbocycles. The van der Waals surface area contributed by atoms with Gasteiger partial charge in [-0.05, 0) is 43.4 Å². The number of H-pyrrole nitrogens is 1. The highest BCUT2D eigenvalue weighted by Crippen LogP contribution is 2.20. The van der Waals surface area contributed by atoms with E-state index in [9.17, 15) is 4.79 Å². The lowest BCUT2D eigenvalue weighted by molar-refractivity contribution is -0.133. The Hall–Kier alpha value is -2.70. The summed E-state index contributed by atoms with van der Waals surface area (Å²) in [6.45, 7) is 1.87. The maximum atomic E-state index is 12.7. The summed E-state index contributed by atoms with van der Waals surface area (Å²) in [5, 5.41) is 15.2. The molecule has 2 aromatic heterocycles. The molecule has 1 aliphatic heterocycles. The van der Waals surface area contributed by atoms with Crippen LogP contribution < -0.4 is 0 Å². The quantitative estimate of drug-likeness (QED) is 0.791. The number of piperidine rings is 1. The SMILES string of the molecule is O=C(Cn1nnc2ccccc21)N1CCCC(Cc2ccn[nH]2)C1. The summed E-state index contributed by atoms with van der Waals surface area (Å²) in [6.07, 6.45) is 4.91. The Kier molecular flexibility index (Phi) is 3.98. The number of para-hydroxylation sites is 1. The summed E-state index contributed by atoms with van der Waals surface area (Å²) in [5.74, 6) is 0.593. The number of amides is 1. The van der Waals surface area contributed by atoms with Gasteiger partial charge in [-0.3, -0.25) is 9.89 Å². The van der Waals surface area contributed by atoms with Crippen LogP contribution in [0.15, 0.2) is 36.5 Å². The second-order valence-electron chi connectivity index (χ2n) is 6.37. The van der Waals surface area contributed by atoms with Crippen molar-refractivity contribution < 1.29 is 4.79 Å². The summed E-state index contributed by atoms with van der Waals surface area (Å²) in [7, 11) is 0. The van der Waals surface area contributed by atoms with E-state index in [2.05, 4.69) is 20.5 Å². The van der Waals surface area contributed by atoms with Crippen molar-refractivity contribution in [2.75, 3.05) is 13.1 Å². The number of carbonyl (C=O) groups is 1. The van der Waals surface area contributed by atoms with E-state index in [1.54, 1.807) is 10.9 Å². The molecule has 24 heavy (non-hydrogen) atoms. The Morgan fingerprint density at radius 3 is 3.08 bits per heavy atom. The molecule has 1 atom stereocenters. The summed E-state index contributed by atoms with van der Waals surface area (Å²) in [4.78, 5) is 14.6. The van der Waals surface area contributed by atoms with Gasteiger partial charge in [0.15, 0.2) is 0 Å². The predicted octanol–water partition coefficient (Wildman–Crippen LogP) is 1.64. The first-order valence-corrected chi connectivity index (χ1v) is 8.34. The molecule has 0 saturated carbocycles. The first-order valence-electron chi connectivity index (χ1n) is 8.34. The maximum absolute atomic E-state index is 12.7. The molecule has 1 unspecified atom stereocenters. The topological polar surface area (TPSA) is 79.7 Å². The van der Waals surface area contributed by atoms with Gasteiger partial charge < -0.3 is 4.90 Å². The first kappa shape index (κ1) is 14.9. The van der Waals surface area contributed by atoms with Gasteiger partial charge in [-0.25, -0.2) is 4.68 Å². The summed E-state index contributed by atoms with van der Waals surface area (Å²) >= 11 is 0. The van der Waals surface area contributed by atoms with Gasteiger partial charge >= 0.3 is 0 Å². The normalized spacial score (nSPS) is 18.2. The summed E-state index contributed by atoms with van der Waals surface area (Å²) < 4.78 is 1.69. The lowest BCUT2D eigenvalue weighted by atomic mass is 9.93. The minimum Gasteiger partial charge on any atom is -0.341 e. The smallest absolute Gasteiger partial charge is 0.244 e. The fourth-order valence-corrected chi connectivity index (χ4v) is 3.43. The van der Waals surface area contributed by atoms with Gasteiger partial charge in [-0.2, -0.15) is 5.10 Å². The van der Waals surface area contributed by atoms with Crippen LogP contribution >= 0.6 is 0 Å². The molecule has 124 valence electrons. The second-order valence-corrected chi connectivity index (χ2v) is 6.37. The van der Waals surface area contributed by atoms with Crippen molar-refractivity contribution in [1.29, 1.82) is 0 Å². The Bertz CT molecular complexity index is 825. The number of likely N-dealkylation sites (tertiary alicyclic amines) is 1. The van der Waals surface area contributed by atoms with E-state index < -0.39 is 0 Å². The molecular weight excluding hydrogens is 304 g/mol. The molecule has 1 saturated heterocycles. The number of nitrogens with zero attached hydrogens (tertiary/aromatic N) is 5. The summed E-state index contributed by atoms with van der Waals surface area (Å²) in [5.41, 5.74) is 2.86. The molecule has 1 N–H and O–H groups in total. The average molecular weight is 324 g/mol. The van der Waals surface area contributed by atoms with Crippen LogP contribution in [0.3, 0.4) is 0 Å². The number of hydrogen-bond acceptors (Lipinski definition) is 4. The molecule has 7 nitrogen and oxygen atoms in total. The monoisotopic (exact) mass is 324 g/mol. The minimum absolute atomic E-state index is 0.111. The van der Waals surface area contributed by atoms with E-state index in [-0.39, 0.29) is 12.5 Å². The van der Waals surface area contributed by atoms with Crippen LogP contribution in [0.5, 0.6) is 0 Å². The number of aromatic nitrogens is 5. The average Bonchev–Trinajstić information content (AvgIpc) is 3.25. The van der Waals surface area contributed by atoms with Gasteiger partial charge in [0.1, 0.15) is 12.1 Å². The van der Waals surface area contributed by atoms with E-state index in [4.69, 9.17) is 0 Å². The van der Waals surface area contributed by atoms with Crippen LogP contribution in [0, 0.1) is 5.92 Å². The number of hydrogen-bond donors (Lipinski definition) is 1. The zero-order valence-electron chi connectivity index (χ0n) is 13.4. The molecule has 1 aliphatic rings.